The maximum absolute atomic E-state index is 6.22. The Hall–Kier alpha value is -1.94. The zero-order valence-electron chi connectivity index (χ0n) is 10.7. The molecule has 0 amide bonds. The number of hydrogen-bond donors (Lipinski definition) is 0. The summed E-state index contributed by atoms with van der Waals surface area (Å²) in [4.78, 5) is 4.03. The molecule has 0 atom stereocenters. The minimum atomic E-state index is -0.286. The van der Waals surface area contributed by atoms with E-state index in [2.05, 4.69) is 41.2 Å². The Morgan fingerprint density at radius 2 is 1.79 bits per heavy atom. The average molecular weight is 273 g/mol. The third-order valence-corrected chi connectivity index (χ3v) is 3.59. The Morgan fingerprint density at radius 3 is 2.53 bits per heavy atom. The van der Waals surface area contributed by atoms with Crippen molar-refractivity contribution < 1.29 is 0 Å². The first-order chi connectivity index (χ1) is 9.10. The van der Waals surface area contributed by atoms with Gasteiger partial charge in [0.25, 0.3) is 0 Å². The maximum Gasteiger partial charge on any atom is 0.180 e. The lowest BCUT2D eigenvalue weighted by Gasteiger charge is -2.23. The Kier molecular flexibility index (Phi) is 2.75. The van der Waals surface area contributed by atoms with Crippen molar-refractivity contribution in [3.05, 3.63) is 59.3 Å². The van der Waals surface area contributed by atoms with Gasteiger partial charge in [0.15, 0.2) is 5.65 Å². The van der Waals surface area contributed by atoms with E-state index in [0.29, 0.717) is 10.8 Å². The Morgan fingerprint density at radius 1 is 1.05 bits per heavy atom. The molecule has 0 fully saturated rings. The van der Waals surface area contributed by atoms with Gasteiger partial charge in [0.05, 0.1) is 17.8 Å². The second-order valence-corrected chi connectivity index (χ2v) is 5.33. The lowest BCUT2D eigenvalue weighted by molar-refractivity contribution is 0.582. The number of benzene rings is 1. The van der Waals surface area contributed by atoms with Gasteiger partial charge in [0.1, 0.15) is 11.0 Å². The minimum Gasteiger partial charge on any atom is -0.266 e. The van der Waals surface area contributed by atoms with Crippen LogP contribution in [-0.2, 0) is 5.41 Å². The molecule has 0 saturated carbocycles. The first-order valence-electron chi connectivity index (χ1n) is 6.01. The van der Waals surface area contributed by atoms with Gasteiger partial charge in [-0.25, -0.2) is 0 Å². The monoisotopic (exact) mass is 272 g/mol. The summed E-state index contributed by atoms with van der Waals surface area (Å²) in [6.45, 7) is 4.21. The topological polar surface area (TPSA) is 43.1 Å². The summed E-state index contributed by atoms with van der Waals surface area (Å²) < 4.78 is 1.83. The highest BCUT2D eigenvalue weighted by molar-refractivity contribution is 6.29. The van der Waals surface area contributed by atoms with Crippen LogP contribution in [0, 0.1) is 0 Å². The second kappa shape index (κ2) is 4.31. The lowest BCUT2D eigenvalue weighted by Crippen LogP contribution is -2.22. The van der Waals surface area contributed by atoms with Gasteiger partial charge in [0, 0.05) is 0 Å². The molecule has 4 nitrogen and oxygen atoms in total. The summed E-state index contributed by atoms with van der Waals surface area (Å²) in [5.74, 6) is 0.807. The molecule has 0 aliphatic rings. The molecule has 3 aromatic rings. The van der Waals surface area contributed by atoms with Crippen LogP contribution >= 0.6 is 11.6 Å². The molecule has 0 saturated heterocycles. The van der Waals surface area contributed by atoms with E-state index in [1.807, 2.05) is 22.6 Å². The van der Waals surface area contributed by atoms with E-state index >= 15 is 0 Å². The molecule has 2 aromatic heterocycles. The van der Waals surface area contributed by atoms with Gasteiger partial charge in [-0.15, -0.1) is 10.2 Å². The molecule has 96 valence electrons. The van der Waals surface area contributed by atoms with Crippen LogP contribution in [0.15, 0.2) is 42.7 Å². The van der Waals surface area contributed by atoms with Crippen molar-refractivity contribution in [3.63, 3.8) is 0 Å². The number of halogens is 1. The van der Waals surface area contributed by atoms with Gasteiger partial charge in [-0.1, -0.05) is 41.9 Å². The molecule has 0 N–H and O–H groups in total. The van der Waals surface area contributed by atoms with Crippen LogP contribution in [0.2, 0.25) is 5.15 Å². The molecule has 1 aromatic carbocycles. The van der Waals surface area contributed by atoms with Gasteiger partial charge in [-0.3, -0.25) is 9.38 Å². The van der Waals surface area contributed by atoms with Crippen LogP contribution in [0.25, 0.3) is 5.65 Å². The summed E-state index contributed by atoms with van der Waals surface area (Å²) in [5.41, 5.74) is 1.54. The van der Waals surface area contributed by atoms with Gasteiger partial charge < -0.3 is 0 Å². The summed E-state index contributed by atoms with van der Waals surface area (Å²) >= 11 is 6.22. The maximum atomic E-state index is 6.22. The predicted molar refractivity (Wildman–Crippen MR) is 74.4 cm³/mol. The highest BCUT2D eigenvalue weighted by atomic mass is 35.5. The predicted octanol–water partition coefficient (Wildman–Crippen LogP) is 3.10. The van der Waals surface area contributed by atoms with Crippen LogP contribution in [0.4, 0.5) is 0 Å². The third kappa shape index (κ3) is 1.88. The first-order valence-corrected chi connectivity index (χ1v) is 6.39. The Labute approximate surface area is 116 Å². The zero-order chi connectivity index (χ0) is 13.5. The zero-order valence-corrected chi connectivity index (χ0v) is 11.5. The van der Waals surface area contributed by atoms with E-state index in [-0.39, 0.29) is 5.41 Å². The number of hydrogen-bond acceptors (Lipinski definition) is 3. The van der Waals surface area contributed by atoms with Crippen molar-refractivity contribution in [2.45, 2.75) is 19.3 Å². The molecule has 0 unspecified atom stereocenters. The van der Waals surface area contributed by atoms with Crippen molar-refractivity contribution in [1.82, 2.24) is 19.6 Å². The molecule has 2 heterocycles. The standard InChI is InChI=1S/C14H13ClN4/c1-14(2,10-6-4-3-5-7-10)13-18-17-12-9-16-8-11(15)19(12)13/h3-9H,1-2H3. The summed E-state index contributed by atoms with van der Waals surface area (Å²) in [7, 11) is 0. The average Bonchev–Trinajstić information content (AvgIpc) is 2.86. The largest absolute Gasteiger partial charge is 0.266 e. The van der Waals surface area contributed by atoms with Gasteiger partial charge in [-0.2, -0.15) is 0 Å². The number of nitrogens with zero attached hydrogens (tertiary/aromatic N) is 4. The quantitative estimate of drug-likeness (QED) is 0.720. The SMILES string of the molecule is CC(C)(c1ccccc1)c1nnc2cncc(Cl)n12. The van der Waals surface area contributed by atoms with Crippen molar-refractivity contribution in [3.8, 4) is 0 Å². The number of aromatic nitrogens is 4. The highest BCUT2D eigenvalue weighted by Crippen LogP contribution is 2.31. The summed E-state index contributed by atoms with van der Waals surface area (Å²) in [5, 5.41) is 8.95. The first kappa shape index (κ1) is 12.1. The molecule has 0 radical (unpaired) electrons. The normalized spacial score (nSPS) is 11.9. The second-order valence-electron chi connectivity index (χ2n) is 4.94. The van der Waals surface area contributed by atoms with E-state index in [1.54, 1.807) is 12.4 Å². The molecule has 5 heteroatoms. The molecule has 0 aliphatic carbocycles. The van der Waals surface area contributed by atoms with Crippen molar-refractivity contribution in [2.75, 3.05) is 0 Å². The molecule has 0 spiro atoms. The van der Waals surface area contributed by atoms with Crippen LogP contribution in [0.3, 0.4) is 0 Å². The fraction of sp³-hybridized carbons (Fsp3) is 0.214. The summed E-state index contributed by atoms with van der Waals surface area (Å²) in [6, 6.07) is 10.2. The van der Waals surface area contributed by atoms with Crippen LogP contribution in [-0.4, -0.2) is 19.6 Å². The fourth-order valence-corrected chi connectivity index (χ4v) is 2.43. The van der Waals surface area contributed by atoms with Gasteiger partial charge in [0.2, 0.25) is 0 Å². The van der Waals surface area contributed by atoms with E-state index in [9.17, 15) is 0 Å². The smallest absolute Gasteiger partial charge is 0.180 e. The molecular formula is C14H13ClN4. The highest BCUT2D eigenvalue weighted by Gasteiger charge is 2.29. The van der Waals surface area contributed by atoms with Crippen molar-refractivity contribution in [1.29, 1.82) is 0 Å². The van der Waals surface area contributed by atoms with Crippen LogP contribution in [0.1, 0.15) is 25.2 Å². The molecule has 0 aliphatic heterocycles. The molecular weight excluding hydrogens is 260 g/mol. The van der Waals surface area contributed by atoms with E-state index in [4.69, 9.17) is 11.6 Å². The van der Waals surface area contributed by atoms with Crippen LogP contribution in [0.5, 0.6) is 0 Å². The van der Waals surface area contributed by atoms with E-state index in [0.717, 1.165) is 11.4 Å². The number of rotatable bonds is 2. The lowest BCUT2D eigenvalue weighted by atomic mass is 9.84. The molecule has 0 bridgehead atoms. The minimum absolute atomic E-state index is 0.286. The van der Waals surface area contributed by atoms with E-state index in [1.165, 1.54) is 0 Å². The van der Waals surface area contributed by atoms with E-state index < -0.39 is 0 Å². The Bertz CT molecular complexity index is 719. The molecule has 19 heavy (non-hydrogen) atoms. The third-order valence-electron chi connectivity index (χ3n) is 3.33. The number of fused-ring (bicyclic) bond motifs is 1. The van der Waals surface area contributed by atoms with Gasteiger partial charge in [-0.05, 0) is 19.4 Å². The Balaban J connectivity index is 2.25. The van der Waals surface area contributed by atoms with Crippen molar-refractivity contribution in [2.24, 2.45) is 0 Å². The van der Waals surface area contributed by atoms with Crippen molar-refractivity contribution >= 4 is 17.2 Å². The van der Waals surface area contributed by atoms with Gasteiger partial charge >= 0.3 is 0 Å². The fourth-order valence-electron chi connectivity index (χ4n) is 2.20. The summed E-state index contributed by atoms with van der Waals surface area (Å²) in [6.07, 6.45) is 3.26. The molecule has 3 rings (SSSR count). The van der Waals surface area contributed by atoms with Crippen LogP contribution < -0.4 is 0 Å².